The Kier molecular flexibility index (Phi) is 9.21. The van der Waals surface area contributed by atoms with E-state index in [0.717, 1.165) is 6.42 Å². The molecular formula is C15H30N2O4. The molecule has 0 aliphatic heterocycles. The van der Waals surface area contributed by atoms with Crippen LogP contribution in [0.15, 0.2) is 0 Å². The number of methoxy groups -OCH3 is 1. The molecule has 0 aliphatic carbocycles. The number of carbonyl (C=O) groups is 2. The van der Waals surface area contributed by atoms with Gasteiger partial charge in [-0.25, -0.2) is 4.79 Å². The molecule has 2 atom stereocenters. The molecule has 0 aromatic carbocycles. The van der Waals surface area contributed by atoms with Gasteiger partial charge in [0.25, 0.3) is 0 Å². The number of carbonyl (C=O) groups excluding carboxylic acids is 1. The fraction of sp³-hybridized carbons (Fsp3) is 0.867. The van der Waals surface area contributed by atoms with Crippen molar-refractivity contribution in [3.63, 3.8) is 0 Å². The third-order valence-corrected chi connectivity index (χ3v) is 3.70. The van der Waals surface area contributed by atoms with Crippen LogP contribution in [0.5, 0.6) is 0 Å². The predicted octanol–water partition coefficient (Wildman–Crippen LogP) is 1.38. The van der Waals surface area contributed by atoms with E-state index in [2.05, 4.69) is 26.1 Å². The SMILES string of the molecule is COCCC(NC(=O)CCC(CCN)C(C)(C)C)C(=O)O. The van der Waals surface area contributed by atoms with E-state index >= 15 is 0 Å². The van der Waals surface area contributed by atoms with Crippen LogP contribution in [-0.2, 0) is 14.3 Å². The van der Waals surface area contributed by atoms with Crippen LogP contribution < -0.4 is 11.1 Å². The molecule has 0 bridgehead atoms. The van der Waals surface area contributed by atoms with Crippen molar-refractivity contribution in [1.82, 2.24) is 5.32 Å². The Morgan fingerprint density at radius 1 is 1.24 bits per heavy atom. The summed E-state index contributed by atoms with van der Waals surface area (Å²) in [5.41, 5.74) is 5.70. The highest BCUT2D eigenvalue weighted by Gasteiger charge is 2.25. The summed E-state index contributed by atoms with van der Waals surface area (Å²) in [7, 11) is 1.50. The Hall–Kier alpha value is -1.14. The highest BCUT2D eigenvalue weighted by Crippen LogP contribution is 2.31. The summed E-state index contributed by atoms with van der Waals surface area (Å²) >= 11 is 0. The number of nitrogens with one attached hydrogen (secondary N) is 1. The van der Waals surface area contributed by atoms with Crippen LogP contribution in [-0.4, -0.2) is 43.3 Å². The average molecular weight is 302 g/mol. The van der Waals surface area contributed by atoms with E-state index in [1.54, 1.807) is 0 Å². The highest BCUT2D eigenvalue weighted by atomic mass is 16.5. The van der Waals surface area contributed by atoms with E-state index < -0.39 is 12.0 Å². The summed E-state index contributed by atoms with van der Waals surface area (Å²) in [5, 5.41) is 11.6. The van der Waals surface area contributed by atoms with Gasteiger partial charge in [0.05, 0.1) is 0 Å². The van der Waals surface area contributed by atoms with Crippen molar-refractivity contribution in [3.8, 4) is 0 Å². The van der Waals surface area contributed by atoms with Crippen LogP contribution >= 0.6 is 0 Å². The Morgan fingerprint density at radius 2 is 1.86 bits per heavy atom. The minimum atomic E-state index is -1.03. The van der Waals surface area contributed by atoms with E-state index in [4.69, 9.17) is 15.6 Å². The number of ether oxygens (including phenoxy) is 1. The monoisotopic (exact) mass is 302 g/mol. The van der Waals surface area contributed by atoms with Crippen molar-refractivity contribution in [1.29, 1.82) is 0 Å². The molecule has 0 radical (unpaired) electrons. The average Bonchev–Trinajstić information content (AvgIpc) is 2.37. The normalized spacial score (nSPS) is 14.5. The van der Waals surface area contributed by atoms with Gasteiger partial charge in [-0.2, -0.15) is 0 Å². The van der Waals surface area contributed by atoms with Crippen LogP contribution in [0.2, 0.25) is 0 Å². The van der Waals surface area contributed by atoms with Gasteiger partial charge in [0.1, 0.15) is 6.04 Å². The molecule has 6 nitrogen and oxygen atoms in total. The minimum absolute atomic E-state index is 0.0852. The molecule has 0 aliphatic rings. The van der Waals surface area contributed by atoms with Gasteiger partial charge in [-0.05, 0) is 30.7 Å². The number of hydrogen-bond acceptors (Lipinski definition) is 4. The summed E-state index contributed by atoms with van der Waals surface area (Å²) in [6.07, 6.45) is 2.16. The second kappa shape index (κ2) is 9.73. The highest BCUT2D eigenvalue weighted by molar-refractivity contribution is 5.83. The molecule has 0 saturated carbocycles. The lowest BCUT2D eigenvalue weighted by Gasteiger charge is -2.30. The molecule has 0 aromatic heterocycles. The van der Waals surface area contributed by atoms with Gasteiger partial charge in [0.15, 0.2) is 0 Å². The van der Waals surface area contributed by atoms with Crippen LogP contribution in [0.4, 0.5) is 0 Å². The van der Waals surface area contributed by atoms with Gasteiger partial charge >= 0.3 is 5.97 Å². The predicted molar refractivity (Wildman–Crippen MR) is 81.9 cm³/mol. The van der Waals surface area contributed by atoms with Gasteiger partial charge in [0, 0.05) is 26.6 Å². The zero-order valence-corrected chi connectivity index (χ0v) is 13.6. The van der Waals surface area contributed by atoms with E-state index in [9.17, 15) is 9.59 Å². The molecule has 0 heterocycles. The molecule has 0 saturated heterocycles. The minimum Gasteiger partial charge on any atom is -0.480 e. The van der Waals surface area contributed by atoms with Crippen molar-refractivity contribution < 1.29 is 19.4 Å². The second-order valence-corrected chi connectivity index (χ2v) is 6.42. The number of amides is 1. The summed E-state index contributed by atoms with van der Waals surface area (Å²) in [5.74, 6) is -0.921. The number of nitrogens with two attached hydrogens (primary N) is 1. The summed E-state index contributed by atoms with van der Waals surface area (Å²) in [4.78, 5) is 23.0. The molecule has 0 fully saturated rings. The quantitative estimate of drug-likeness (QED) is 0.566. The topological polar surface area (TPSA) is 102 Å². The molecular weight excluding hydrogens is 272 g/mol. The molecule has 21 heavy (non-hydrogen) atoms. The van der Waals surface area contributed by atoms with Crippen molar-refractivity contribution >= 4 is 11.9 Å². The molecule has 124 valence electrons. The van der Waals surface area contributed by atoms with Gasteiger partial charge in [-0.15, -0.1) is 0 Å². The molecule has 4 N–H and O–H groups in total. The first-order chi connectivity index (χ1) is 9.72. The fourth-order valence-corrected chi connectivity index (χ4v) is 2.28. The van der Waals surface area contributed by atoms with E-state index in [-0.39, 0.29) is 17.7 Å². The lowest BCUT2D eigenvalue weighted by atomic mass is 9.76. The van der Waals surface area contributed by atoms with Gasteiger partial charge in [-0.1, -0.05) is 20.8 Å². The maximum Gasteiger partial charge on any atom is 0.326 e. The Morgan fingerprint density at radius 3 is 2.29 bits per heavy atom. The molecule has 0 spiro atoms. The van der Waals surface area contributed by atoms with Crippen molar-refractivity contribution in [2.75, 3.05) is 20.3 Å². The number of carboxylic acids is 1. The second-order valence-electron chi connectivity index (χ2n) is 6.42. The lowest BCUT2D eigenvalue weighted by Crippen LogP contribution is -2.41. The third-order valence-electron chi connectivity index (χ3n) is 3.70. The number of carboxylic acid groups (broad SMARTS) is 1. The summed E-state index contributed by atoms with van der Waals surface area (Å²) in [6, 6.07) is -0.889. The zero-order chi connectivity index (χ0) is 16.5. The van der Waals surface area contributed by atoms with Gasteiger partial charge in [-0.3, -0.25) is 4.79 Å². The number of rotatable bonds is 10. The van der Waals surface area contributed by atoms with Crippen molar-refractivity contribution in [3.05, 3.63) is 0 Å². The van der Waals surface area contributed by atoms with Crippen molar-refractivity contribution in [2.45, 2.75) is 52.5 Å². The first kappa shape index (κ1) is 19.9. The van der Waals surface area contributed by atoms with Crippen molar-refractivity contribution in [2.24, 2.45) is 17.1 Å². The van der Waals surface area contributed by atoms with E-state index in [1.807, 2.05) is 0 Å². The third kappa shape index (κ3) is 8.67. The summed E-state index contributed by atoms with van der Waals surface area (Å²) < 4.78 is 4.85. The first-order valence-corrected chi connectivity index (χ1v) is 7.43. The Balaban J connectivity index is 4.36. The number of hydrogen-bond donors (Lipinski definition) is 3. The fourth-order valence-electron chi connectivity index (χ4n) is 2.28. The largest absolute Gasteiger partial charge is 0.480 e. The van der Waals surface area contributed by atoms with E-state index in [0.29, 0.717) is 31.9 Å². The molecule has 2 unspecified atom stereocenters. The molecule has 1 amide bonds. The number of aliphatic carboxylic acids is 1. The van der Waals surface area contributed by atoms with E-state index in [1.165, 1.54) is 7.11 Å². The lowest BCUT2D eigenvalue weighted by molar-refractivity contribution is -0.142. The Labute approximate surface area is 127 Å². The standard InChI is InChI=1S/C15H30N2O4/c1-15(2,3)11(7-9-16)5-6-13(18)17-12(14(19)20)8-10-21-4/h11-12H,5-10,16H2,1-4H3,(H,17,18)(H,19,20). The molecule has 6 heteroatoms. The summed E-state index contributed by atoms with van der Waals surface area (Å²) in [6.45, 7) is 7.28. The molecule has 0 rings (SSSR count). The maximum atomic E-state index is 11.9. The molecule has 0 aromatic rings. The maximum absolute atomic E-state index is 11.9. The van der Waals surface area contributed by atoms with Crippen LogP contribution in [0.25, 0.3) is 0 Å². The van der Waals surface area contributed by atoms with Crippen LogP contribution in [0, 0.1) is 11.3 Å². The zero-order valence-electron chi connectivity index (χ0n) is 13.6. The van der Waals surface area contributed by atoms with Gasteiger partial charge in [0.2, 0.25) is 5.91 Å². The Bertz CT molecular complexity index is 326. The van der Waals surface area contributed by atoms with Crippen LogP contribution in [0.3, 0.4) is 0 Å². The van der Waals surface area contributed by atoms with Crippen LogP contribution in [0.1, 0.15) is 46.5 Å². The first-order valence-electron chi connectivity index (χ1n) is 7.43. The van der Waals surface area contributed by atoms with Gasteiger partial charge < -0.3 is 20.9 Å². The smallest absolute Gasteiger partial charge is 0.326 e.